The van der Waals surface area contributed by atoms with Gasteiger partial charge in [0.1, 0.15) is 5.60 Å². The third-order valence-corrected chi connectivity index (χ3v) is 3.15. The maximum Gasteiger partial charge on any atom is 0.412 e. The van der Waals surface area contributed by atoms with Crippen molar-refractivity contribution in [2.45, 2.75) is 26.4 Å². The van der Waals surface area contributed by atoms with Gasteiger partial charge in [-0.05, 0) is 69.3 Å². The average Bonchev–Trinajstić information content (AvgIpc) is 2.46. The molecule has 0 radical (unpaired) electrons. The number of anilines is 1. The predicted molar refractivity (Wildman–Crippen MR) is 91.2 cm³/mol. The topological polar surface area (TPSA) is 55.4 Å². The van der Waals surface area contributed by atoms with Crippen molar-refractivity contribution >= 4 is 29.2 Å². The van der Waals surface area contributed by atoms with Crippen LogP contribution in [0.25, 0.3) is 0 Å². The SMILES string of the molecule is CC(C)(C)OC(=O)Nc1ccc(C(=O)c2ccc(Cl)cc2)cc1. The lowest BCUT2D eigenvalue weighted by molar-refractivity contribution is 0.0636. The second-order valence-electron chi connectivity index (χ2n) is 6.04. The molecule has 0 aromatic heterocycles. The molecule has 23 heavy (non-hydrogen) atoms. The van der Waals surface area contributed by atoms with Crippen LogP contribution in [-0.4, -0.2) is 17.5 Å². The zero-order valence-electron chi connectivity index (χ0n) is 13.2. The summed E-state index contributed by atoms with van der Waals surface area (Å²) in [4.78, 5) is 24.0. The Hall–Kier alpha value is -2.33. The van der Waals surface area contributed by atoms with Crippen molar-refractivity contribution in [1.29, 1.82) is 0 Å². The Morgan fingerprint density at radius 3 is 1.87 bits per heavy atom. The van der Waals surface area contributed by atoms with E-state index >= 15 is 0 Å². The van der Waals surface area contributed by atoms with Crippen LogP contribution in [0.2, 0.25) is 5.02 Å². The smallest absolute Gasteiger partial charge is 0.412 e. The van der Waals surface area contributed by atoms with E-state index in [-0.39, 0.29) is 5.78 Å². The predicted octanol–water partition coefficient (Wildman–Crippen LogP) is 4.92. The summed E-state index contributed by atoms with van der Waals surface area (Å²) in [5, 5.41) is 3.20. The van der Waals surface area contributed by atoms with Crippen molar-refractivity contribution in [3.8, 4) is 0 Å². The van der Waals surface area contributed by atoms with Gasteiger partial charge >= 0.3 is 6.09 Å². The molecule has 0 unspecified atom stereocenters. The van der Waals surface area contributed by atoms with E-state index in [1.807, 2.05) is 0 Å². The first-order valence-electron chi connectivity index (χ1n) is 7.15. The Balaban J connectivity index is 2.06. The minimum atomic E-state index is -0.561. The van der Waals surface area contributed by atoms with Crippen LogP contribution in [0, 0.1) is 0 Å². The van der Waals surface area contributed by atoms with Gasteiger partial charge in [0.25, 0.3) is 0 Å². The van der Waals surface area contributed by atoms with Gasteiger partial charge < -0.3 is 4.74 Å². The number of halogens is 1. The molecule has 0 aliphatic heterocycles. The van der Waals surface area contributed by atoms with Crippen LogP contribution in [0.1, 0.15) is 36.7 Å². The Bertz CT molecular complexity index is 701. The normalized spacial score (nSPS) is 11.0. The number of benzene rings is 2. The highest BCUT2D eigenvalue weighted by Gasteiger charge is 2.16. The number of hydrogen-bond acceptors (Lipinski definition) is 3. The minimum Gasteiger partial charge on any atom is -0.444 e. The number of ketones is 1. The molecule has 4 nitrogen and oxygen atoms in total. The van der Waals surface area contributed by atoms with Gasteiger partial charge in [-0.15, -0.1) is 0 Å². The van der Waals surface area contributed by atoms with Gasteiger partial charge in [-0.2, -0.15) is 0 Å². The summed E-state index contributed by atoms with van der Waals surface area (Å²) in [5.74, 6) is -0.106. The molecule has 0 atom stereocenters. The molecule has 1 amide bonds. The maximum absolute atomic E-state index is 12.3. The van der Waals surface area contributed by atoms with Gasteiger partial charge in [0.05, 0.1) is 0 Å². The lowest BCUT2D eigenvalue weighted by Gasteiger charge is -2.19. The molecule has 0 fully saturated rings. The summed E-state index contributed by atoms with van der Waals surface area (Å²) in [5.41, 5.74) is 1.09. The van der Waals surface area contributed by atoms with Gasteiger partial charge in [-0.3, -0.25) is 10.1 Å². The fourth-order valence-corrected chi connectivity index (χ4v) is 2.02. The molecule has 0 heterocycles. The second-order valence-corrected chi connectivity index (χ2v) is 6.48. The van der Waals surface area contributed by atoms with Crippen LogP contribution in [0.3, 0.4) is 0 Å². The van der Waals surface area contributed by atoms with Crippen LogP contribution in [-0.2, 0) is 4.74 Å². The largest absolute Gasteiger partial charge is 0.444 e. The van der Waals surface area contributed by atoms with Crippen LogP contribution in [0.15, 0.2) is 48.5 Å². The Kier molecular flexibility index (Phi) is 5.06. The van der Waals surface area contributed by atoms with Crippen molar-refractivity contribution < 1.29 is 14.3 Å². The summed E-state index contributed by atoms with van der Waals surface area (Å²) in [6, 6.07) is 13.3. The highest BCUT2D eigenvalue weighted by Crippen LogP contribution is 2.17. The van der Waals surface area contributed by atoms with Crippen molar-refractivity contribution in [2.24, 2.45) is 0 Å². The van der Waals surface area contributed by atoms with Crippen LogP contribution < -0.4 is 5.32 Å². The molecule has 2 aromatic rings. The number of carbonyl (C=O) groups is 2. The lowest BCUT2D eigenvalue weighted by atomic mass is 10.0. The maximum atomic E-state index is 12.3. The molecule has 120 valence electrons. The molecule has 0 saturated carbocycles. The summed E-state index contributed by atoms with van der Waals surface area (Å²) < 4.78 is 5.17. The summed E-state index contributed by atoms with van der Waals surface area (Å²) in [7, 11) is 0. The van der Waals surface area contributed by atoms with E-state index in [1.165, 1.54) is 0 Å². The van der Waals surface area contributed by atoms with Crippen LogP contribution in [0.5, 0.6) is 0 Å². The number of hydrogen-bond donors (Lipinski definition) is 1. The van der Waals surface area contributed by atoms with Crippen molar-refractivity contribution in [3.05, 3.63) is 64.7 Å². The lowest BCUT2D eigenvalue weighted by Crippen LogP contribution is -2.27. The van der Waals surface area contributed by atoms with E-state index in [4.69, 9.17) is 16.3 Å². The van der Waals surface area contributed by atoms with Crippen molar-refractivity contribution in [3.63, 3.8) is 0 Å². The standard InChI is InChI=1S/C18H18ClNO3/c1-18(2,3)23-17(22)20-15-10-6-13(7-11-15)16(21)12-4-8-14(19)9-5-12/h4-11H,1-3H3,(H,20,22). The van der Waals surface area contributed by atoms with E-state index in [1.54, 1.807) is 69.3 Å². The molecule has 0 aliphatic rings. The zero-order valence-corrected chi connectivity index (χ0v) is 14.0. The quantitative estimate of drug-likeness (QED) is 0.812. The van der Waals surface area contributed by atoms with Crippen molar-refractivity contribution in [1.82, 2.24) is 0 Å². The molecule has 1 N–H and O–H groups in total. The number of amides is 1. The molecular formula is C18H18ClNO3. The summed E-state index contributed by atoms with van der Waals surface area (Å²) in [6.07, 6.45) is -0.533. The monoisotopic (exact) mass is 331 g/mol. The first kappa shape index (κ1) is 17.0. The van der Waals surface area contributed by atoms with Crippen molar-refractivity contribution in [2.75, 3.05) is 5.32 Å². The van der Waals surface area contributed by atoms with Gasteiger partial charge in [-0.1, -0.05) is 11.6 Å². The fraction of sp³-hybridized carbons (Fsp3) is 0.222. The second kappa shape index (κ2) is 6.84. The van der Waals surface area contributed by atoms with E-state index < -0.39 is 11.7 Å². The highest BCUT2D eigenvalue weighted by molar-refractivity contribution is 6.30. The number of ether oxygens (including phenoxy) is 1. The fourth-order valence-electron chi connectivity index (χ4n) is 1.89. The number of carbonyl (C=O) groups excluding carboxylic acids is 2. The third-order valence-electron chi connectivity index (χ3n) is 2.90. The number of rotatable bonds is 3. The molecule has 5 heteroatoms. The molecule has 2 aromatic carbocycles. The first-order valence-corrected chi connectivity index (χ1v) is 7.53. The molecule has 0 saturated heterocycles. The van der Waals surface area contributed by atoms with Gasteiger partial charge in [-0.25, -0.2) is 4.79 Å². The third kappa shape index (κ3) is 5.11. The Morgan fingerprint density at radius 2 is 1.39 bits per heavy atom. The molecule has 0 aliphatic carbocycles. The molecule has 0 spiro atoms. The molecule has 0 bridgehead atoms. The Morgan fingerprint density at radius 1 is 0.913 bits per heavy atom. The van der Waals surface area contributed by atoms with Crippen LogP contribution in [0.4, 0.5) is 10.5 Å². The van der Waals surface area contributed by atoms with E-state index in [0.29, 0.717) is 21.8 Å². The highest BCUT2D eigenvalue weighted by atomic mass is 35.5. The van der Waals surface area contributed by atoms with E-state index in [2.05, 4.69) is 5.32 Å². The zero-order chi connectivity index (χ0) is 17.0. The van der Waals surface area contributed by atoms with E-state index in [9.17, 15) is 9.59 Å². The Labute approximate surface area is 140 Å². The summed E-state index contributed by atoms with van der Waals surface area (Å²) >= 11 is 5.81. The van der Waals surface area contributed by atoms with Gasteiger partial charge in [0.2, 0.25) is 0 Å². The van der Waals surface area contributed by atoms with E-state index in [0.717, 1.165) is 0 Å². The summed E-state index contributed by atoms with van der Waals surface area (Å²) in [6.45, 7) is 5.38. The number of nitrogens with one attached hydrogen (secondary N) is 1. The first-order chi connectivity index (χ1) is 10.7. The van der Waals surface area contributed by atoms with Gasteiger partial charge in [0, 0.05) is 21.8 Å². The van der Waals surface area contributed by atoms with Gasteiger partial charge in [0.15, 0.2) is 5.78 Å². The van der Waals surface area contributed by atoms with Crippen LogP contribution >= 0.6 is 11.6 Å². The molecular weight excluding hydrogens is 314 g/mol. The minimum absolute atomic E-state index is 0.106. The average molecular weight is 332 g/mol. The molecule has 2 rings (SSSR count).